The van der Waals surface area contributed by atoms with Crippen LogP contribution in [0.3, 0.4) is 0 Å². The van der Waals surface area contributed by atoms with E-state index >= 15 is 0 Å². The number of imidazole rings is 6. The van der Waals surface area contributed by atoms with Crippen molar-refractivity contribution in [1.82, 2.24) is 57.3 Å². The Kier molecular flexibility index (Phi) is 27.2. The third-order valence-electron chi connectivity index (χ3n) is 11.6. The summed E-state index contributed by atoms with van der Waals surface area (Å²) < 4.78 is 19.9. The van der Waals surface area contributed by atoms with Crippen LogP contribution >= 0.6 is 46.4 Å². The maximum Gasteiger partial charge on any atom is 0.390 e. The van der Waals surface area contributed by atoms with Gasteiger partial charge in [0.25, 0.3) is 6.47 Å². The highest BCUT2D eigenvalue weighted by Crippen LogP contribution is 2.37. The van der Waals surface area contributed by atoms with Crippen LogP contribution in [0.5, 0.6) is 0 Å². The zero-order valence-corrected chi connectivity index (χ0v) is 51.3. The number of ether oxygens (including phenoxy) is 2. The van der Waals surface area contributed by atoms with Gasteiger partial charge in [0.1, 0.15) is 46.2 Å². The molecule has 0 aliphatic carbocycles. The third-order valence-corrected chi connectivity index (χ3v) is 12.8. The zero-order chi connectivity index (χ0) is 62.5. The molecule has 35 nitrogen and oxygen atoms in total. The first-order chi connectivity index (χ1) is 38.7. The second-order valence-corrected chi connectivity index (χ2v) is 21.8. The molecular weight excluding hydrogens is 1260 g/mol. The Hall–Kier alpha value is -7.70. The highest BCUT2D eigenvalue weighted by atomic mass is 35.5. The van der Waals surface area contributed by atoms with Crippen LogP contribution in [0.2, 0.25) is 0 Å². The van der Waals surface area contributed by atoms with Crippen LogP contribution < -0.4 is 24.8 Å². The van der Waals surface area contributed by atoms with Gasteiger partial charge in [-0.1, -0.05) is 6.92 Å². The molecule has 468 valence electrons. The Morgan fingerprint density at radius 1 is 0.553 bits per heavy atom. The fraction of sp³-hybridized carbons (Fsp3) is 0.545. The van der Waals surface area contributed by atoms with Gasteiger partial charge >= 0.3 is 40.9 Å². The first-order valence-electron chi connectivity index (χ1n) is 24.4. The van der Waals surface area contributed by atoms with E-state index in [4.69, 9.17) is 55.9 Å². The first kappa shape index (κ1) is 73.4. The van der Waals surface area contributed by atoms with Gasteiger partial charge in [-0.3, -0.25) is 4.79 Å². The number of halogens is 6. The number of nitro groups is 6. The predicted molar refractivity (Wildman–Crippen MR) is 292 cm³/mol. The fourth-order valence-corrected chi connectivity index (χ4v) is 9.42. The number of carbonyl (C=O) groups excluding carboxylic acids is 2. The van der Waals surface area contributed by atoms with Crippen LogP contribution in [-0.2, 0) is 83.1 Å². The van der Waals surface area contributed by atoms with E-state index in [0.29, 0.717) is 55.0 Å². The largest absolute Gasteiger partial charge is 1.00 e. The summed E-state index contributed by atoms with van der Waals surface area (Å²) in [6.45, 7) is 12.0. The summed E-state index contributed by atoms with van der Waals surface area (Å²) in [5.41, 5.74) is -0.440. The lowest BCUT2D eigenvalue weighted by atomic mass is 10.0. The standard InChI is InChI=1S/C20H26Cl2N6O8.C14H22N7O4.C10H10Cl2N6O4.2ClH/c1-19(2,3)36-18(30)13(22)15-17(28(33)34)24-10-26(15)7-6-25-9-23-16(27(31)32)14(25)12(21)8-20(4,5)35-11-29;1-5-11-13(19(22)23)15-9-17(11)6-7-18-10-16-14(20(24)25)12(18)8-21(2,3)4;11-3-7-9(17(19)20)13-5-15(7)1-2-16-6-14-10(18(21)22)8(16)4-12;;/h9-13H,6-8H2,1-5H3;9-10H,5-8H2,1-4H3;5-6H,1-4H2;2*1H/q;+1;;;/p-2. The number of esters is 1. The predicted octanol–water partition coefficient (Wildman–Crippen LogP) is 1.29. The number of quaternary nitrogens is 1. The van der Waals surface area contributed by atoms with Crippen molar-refractivity contribution in [3.05, 3.63) is 133 Å². The lowest BCUT2D eigenvalue weighted by molar-refractivity contribution is -0.884. The molecule has 0 bridgehead atoms. The van der Waals surface area contributed by atoms with Gasteiger partial charge in [-0.15, -0.1) is 46.4 Å². The summed E-state index contributed by atoms with van der Waals surface area (Å²) in [5.74, 6) is -3.05. The monoisotopic (exact) mass is 1320 g/mol. The Balaban J connectivity index is 0.000000445. The Labute approximate surface area is 514 Å². The Morgan fingerprint density at radius 3 is 1.20 bits per heavy atom. The smallest absolute Gasteiger partial charge is 0.390 e. The van der Waals surface area contributed by atoms with Crippen LogP contribution in [-0.4, -0.2) is 136 Å². The minimum atomic E-state index is -1.54. The van der Waals surface area contributed by atoms with Gasteiger partial charge in [0.05, 0.1) is 38.3 Å². The molecule has 41 heteroatoms. The average molecular weight is 1320 g/mol. The summed E-state index contributed by atoms with van der Waals surface area (Å²) in [7, 11) is 5.82. The van der Waals surface area contributed by atoms with E-state index in [1.807, 2.05) is 28.1 Å². The third kappa shape index (κ3) is 19.7. The topological polar surface area (TPSA) is 418 Å². The number of alkyl halides is 4. The van der Waals surface area contributed by atoms with E-state index in [0.717, 1.165) is 6.33 Å². The van der Waals surface area contributed by atoms with Gasteiger partial charge in [0.2, 0.25) is 38.0 Å². The van der Waals surface area contributed by atoms with Gasteiger partial charge in [-0.2, -0.15) is 0 Å². The molecule has 0 amide bonds. The lowest BCUT2D eigenvalue weighted by Gasteiger charge is -2.25. The molecule has 0 saturated heterocycles. The molecule has 0 radical (unpaired) electrons. The SMILES string of the molecule is CC(C)(C)OC(=O)C(Cl)c1c([N+](=O)[O-])ncn1CCn1cnc([N+](=O)[O-])c1C(Cl)CC(C)(C)OC=O.CCc1c([N+](=O)[O-])ncn1CCn1cnc([N+](=O)[O-])c1C[N+](C)(C)C.O=[N+]([O-])c1ncn(CCn2cnc([N+](=O)[O-])c2CCl)c1CCl.[Cl-].[Cl-]. The van der Waals surface area contributed by atoms with E-state index < -0.39 is 69.1 Å². The normalized spacial score (nSPS) is 12.0. The molecule has 0 N–H and O–H groups in total. The van der Waals surface area contributed by atoms with Crippen molar-refractivity contribution >= 4 is 93.8 Å². The van der Waals surface area contributed by atoms with Crippen LogP contribution in [0.15, 0.2) is 38.0 Å². The van der Waals surface area contributed by atoms with Crippen molar-refractivity contribution < 1.29 is 77.9 Å². The highest BCUT2D eigenvalue weighted by Gasteiger charge is 2.37. The molecule has 0 aliphatic heterocycles. The maximum absolute atomic E-state index is 12.5. The molecule has 2 unspecified atom stereocenters. The van der Waals surface area contributed by atoms with Crippen molar-refractivity contribution in [3.63, 3.8) is 0 Å². The van der Waals surface area contributed by atoms with E-state index in [9.17, 15) is 70.3 Å². The van der Waals surface area contributed by atoms with Gasteiger partial charge in [-0.25, -0.2) is 4.79 Å². The van der Waals surface area contributed by atoms with E-state index in [1.165, 1.54) is 49.9 Å². The van der Waals surface area contributed by atoms with Gasteiger partial charge in [-0.05, 0) is 100 Å². The molecular formula is C44H58Cl6N19O16-. The molecule has 85 heavy (non-hydrogen) atoms. The molecule has 0 saturated carbocycles. The number of aryl methyl sites for hydroxylation is 6. The quantitative estimate of drug-likeness (QED) is 0.0175. The summed E-state index contributed by atoms with van der Waals surface area (Å²) in [4.78, 5) is 109. The molecule has 0 spiro atoms. The zero-order valence-electron chi connectivity index (χ0n) is 46.8. The number of hydrogen-bond acceptors (Lipinski definition) is 22. The van der Waals surface area contributed by atoms with Gasteiger partial charge < -0.3 is 127 Å². The number of hydrogen-bond donors (Lipinski definition) is 0. The summed E-state index contributed by atoms with van der Waals surface area (Å²) in [6.07, 6.45) is 8.34. The fourth-order valence-electron chi connectivity index (χ4n) is 8.01. The Morgan fingerprint density at radius 2 is 0.859 bits per heavy atom. The minimum absolute atomic E-state index is 0. The summed E-state index contributed by atoms with van der Waals surface area (Å²) in [6, 6.07) is 0. The molecule has 2 atom stereocenters. The number of nitrogens with zero attached hydrogens (tertiary/aromatic N) is 19. The second-order valence-electron chi connectivity index (χ2n) is 20.3. The second kappa shape index (κ2) is 31.4. The van der Waals surface area contributed by atoms with E-state index in [2.05, 4.69) is 29.9 Å². The van der Waals surface area contributed by atoms with Gasteiger partial charge in [0.15, 0.2) is 11.1 Å². The molecule has 6 aromatic rings. The number of aromatic nitrogens is 12. The average Bonchev–Trinajstić information content (AvgIpc) is 3.59. The van der Waals surface area contributed by atoms with Crippen molar-refractivity contribution in [2.24, 2.45) is 0 Å². The van der Waals surface area contributed by atoms with E-state index in [-0.39, 0.29) is 109 Å². The maximum atomic E-state index is 12.5. The number of carbonyl (C=O) groups is 2. The van der Waals surface area contributed by atoms with Crippen LogP contribution in [0.1, 0.15) is 92.9 Å². The summed E-state index contributed by atoms with van der Waals surface area (Å²) >= 11 is 24.2. The van der Waals surface area contributed by atoms with Crippen LogP contribution in [0.4, 0.5) is 34.9 Å². The van der Waals surface area contributed by atoms with Crippen LogP contribution in [0.25, 0.3) is 0 Å². The minimum Gasteiger partial charge on any atom is -1.00 e. The first-order valence-corrected chi connectivity index (χ1v) is 26.3. The van der Waals surface area contributed by atoms with Crippen molar-refractivity contribution in [2.45, 2.75) is 134 Å². The molecule has 6 heterocycles. The molecule has 0 fully saturated rings. The van der Waals surface area contributed by atoms with Crippen LogP contribution in [0, 0.1) is 60.7 Å². The molecule has 6 rings (SSSR count). The van der Waals surface area contributed by atoms with Gasteiger partial charge in [0, 0.05) is 45.7 Å². The Bertz CT molecular complexity index is 3260. The molecule has 0 aromatic carbocycles. The van der Waals surface area contributed by atoms with Crippen molar-refractivity contribution in [2.75, 3.05) is 21.1 Å². The summed E-state index contributed by atoms with van der Waals surface area (Å²) in [5, 5.41) is 64.4. The van der Waals surface area contributed by atoms with Crippen molar-refractivity contribution in [3.8, 4) is 0 Å². The van der Waals surface area contributed by atoms with Crippen molar-refractivity contribution in [1.29, 1.82) is 0 Å². The molecule has 6 aromatic heterocycles. The number of rotatable bonds is 27. The molecule has 0 aliphatic rings. The highest BCUT2D eigenvalue weighted by molar-refractivity contribution is 6.30. The lowest BCUT2D eigenvalue weighted by Crippen LogP contribution is -3.00. The van der Waals surface area contributed by atoms with E-state index in [1.54, 1.807) is 43.8 Å².